The van der Waals surface area contributed by atoms with E-state index in [9.17, 15) is 4.79 Å². The van der Waals surface area contributed by atoms with E-state index < -0.39 is 0 Å². The quantitative estimate of drug-likeness (QED) is 0.628. The third-order valence-electron chi connectivity index (χ3n) is 5.19. The molecule has 3 heteroatoms. The third kappa shape index (κ3) is 1.71. The normalized spacial score (nSPS) is 44.5. The van der Waals surface area contributed by atoms with Crippen LogP contribution in [0, 0.1) is 5.92 Å². The molecule has 1 saturated heterocycles. The van der Waals surface area contributed by atoms with E-state index in [4.69, 9.17) is 9.47 Å². The third-order valence-corrected chi connectivity index (χ3v) is 5.19. The van der Waals surface area contributed by atoms with Gasteiger partial charge in [0, 0.05) is 24.0 Å². The van der Waals surface area contributed by atoms with Crippen LogP contribution in [0.1, 0.15) is 44.9 Å². The van der Waals surface area contributed by atoms with E-state index in [1.54, 1.807) is 6.08 Å². The molecule has 0 aromatic rings. The first-order chi connectivity index (χ1) is 9.28. The van der Waals surface area contributed by atoms with Crippen molar-refractivity contribution in [3.63, 3.8) is 0 Å². The molecular weight excluding hydrogens is 240 g/mol. The van der Waals surface area contributed by atoms with E-state index >= 15 is 0 Å². The fraction of sp³-hybridized carbons (Fsp3) is 0.688. The molecule has 4 unspecified atom stereocenters. The van der Waals surface area contributed by atoms with Crippen LogP contribution in [0.5, 0.6) is 0 Å². The van der Waals surface area contributed by atoms with Crippen molar-refractivity contribution in [1.29, 1.82) is 0 Å². The standard InChI is InChI=1S/C16H20O3/c17-15-9-11-7-8-12-10-16(11,19-15)13-5-3-1-2-4-6-14(13)18-12/h7-9,12-14H,1-6,10H2. The number of hydrogen-bond donors (Lipinski definition) is 0. The van der Waals surface area contributed by atoms with E-state index in [0.717, 1.165) is 24.8 Å². The molecular formula is C16H20O3. The molecule has 4 atom stereocenters. The highest BCUT2D eigenvalue weighted by molar-refractivity contribution is 5.88. The number of carbonyl (C=O) groups excluding carboxylic acids is 1. The Morgan fingerprint density at radius 2 is 2.00 bits per heavy atom. The maximum Gasteiger partial charge on any atom is 0.332 e. The Morgan fingerprint density at radius 1 is 1.16 bits per heavy atom. The number of carbonyl (C=O) groups is 1. The number of fused-ring (bicyclic) bond motifs is 2. The topological polar surface area (TPSA) is 35.5 Å². The lowest BCUT2D eigenvalue weighted by molar-refractivity contribution is -0.188. The SMILES string of the molecule is O=C1C=C2C=CC3CC2(O1)C1CCCCCCC1O3. The Hall–Kier alpha value is -1.09. The molecule has 1 spiro atoms. The van der Waals surface area contributed by atoms with Gasteiger partial charge < -0.3 is 9.47 Å². The first kappa shape index (κ1) is 11.7. The fourth-order valence-corrected chi connectivity index (χ4v) is 4.35. The predicted octanol–water partition coefficient (Wildman–Crippen LogP) is 2.91. The first-order valence-corrected chi connectivity index (χ1v) is 7.57. The molecule has 0 amide bonds. The number of ether oxygens (including phenoxy) is 2. The second-order valence-corrected chi connectivity index (χ2v) is 6.28. The zero-order valence-electron chi connectivity index (χ0n) is 11.1. The van der Waals surface area contributed by atoms with Gasteiger partial charge in [0.25, 0.3) is 0 Å². The maximum atomic E-state index is 11.8. The van der Waals surface area contributed by atoms with Gasteiger partial charge in [-0.1, -0.05) is 37.8 Å². The Balaban J connectivity index is 1.74. The molecule has 1 saturated carbocycles. The molecule has 2 aliphatic carbocycles. The highest BCUT2D eigenvalue weighted by Crippen LogP contribution is 2.51. The number of esters is 1. The highest BCUT2D eigenvalue weighted by atomic mass is 16.6. The van der Waals surface area contributed by atoms with Crippen LogP contribution >= 0.6 is 0 Å². The van der Waals surface area contributed by atoms with E-state index in [1.165, 1.54) is 25.7 Å². The van der Waals surface area contributed by atoms with Gasteiger partial charge in [0.15, 0.2) is 0 Å². The Labute approximate surface area is 113 Å². The molecule has 0 N–H and O–H groups in total. The number of rotatable bonds is 0. The molecule has 2 fully saturated rings. The molecule has 4 rings (SSSR count). The van der Waals surface area contributed by atoms with Crippen LogP contribution in [-0.4, -0.2) is 23.8 Å². The lowest BCUT2D eigenvalue weighted by Crippen LogP contribution is -2.56. The van der Waals surface area contributed by atoms with Crippen molar-refractivity contribution in [2.45, 2.75) is 62.8 Å². The Bertz CT molecular complexity index is 465. The number of hydrogen-bond acceptors (Lipinski definition) is 3. The summed E-state index contributed by atoms with van der Waals surface area (Å²) < 4.78 is 12.1. The molecule has 0 radical (unpaired) electrons. The van der Waals surface area contributed by atoms with Crippen LogP contribution in [0.4, 0.5) is 0 Å². The second-order valence-electron chi connectivity index (χ2n) is 6.28. The highest BCUT2D eigenvalue weighted by Gasteiger charge is 2.56. The van der Waals surface area contributed by atoms with Gasteiger partial charge in [-0.2, -0.15) is 0 Å². The van der Waals surface area contributed by atoms with Gasteiger partial charge in [0.05, 0.1) is 12.2 Å². The summed E-state index contributed by atoms with van der Waals surface area (Å²) in [5, 5.41) is 0. The molecule has 4 aliphatic rings. The van der Waals surface area contributed by atoms with Crippen molar-refractivity contribution in [3.8, 4) is 0 Å². The summed E-state index contributed by atoms with van der Waals surface area (Å²) in [7, 11) is 0. The largest absolute Gasteiger partial charge is 0.450 e. The predicted molar refractivity (Wildman–Crippen MR) is 70.5 cm³/mol. The molecule has 2 aliphatic heterocycles. The van der Waals surface area contributed by atoms with Gasteiger partial charge in [-0.25, -0.2) is 4.79 Å². The minimum Gasteiger partial charge on any atom is -0.450 e. The van der Waals surface area contributed by atoms with Gasteiger partial charge in [0.1, 0.15) is 5.60 Å². The molecule has 2 bridgehead atoms. The molecule has 102 valence electrons. The van der Waals surface area contributed by atoms with Crippen LogP contribution in [0.25, 0.3) is 0 Å². The van der Waals surface area contributed by atoms with Gasteiger partial charge in [-0.15, -0.1) is 0 Å². The second kappa shape index (κ2) is 4.20. The summed E-state index contributed by atoms with van der Waals surface area (Å²) in [6.07, 6.45) is 14.4. The molecule has 2 heterocycles. The van der Waals surface area contributed by atoms with Gasteiger partial charge >= 0.3 is 5.97 Å². The summed E-state index contributed by atoms with van der Waals surface area (Å²) in [5.41, 5.74) is 0.726. The van der Waals surface area contributed by atoms with Crippen LogP contribution in [0.3, 0.4) is 0 Å². The van der Waals surface area contributed by atoms with Gasteiger partial charge in [-0.3, -0.25) is 0 Å². The molecule has 0 aromatic carbocycles. The van der Waals surface area contributed by atoms with E-state index in [2.05, 4.69) is 6.08 Å². The Morgan fingerprint density at radius 3 is 2.89 bits per heavy atom. The summed E-state index contributed by atoms with van der Waals surface area (Å²) in [6.45, 7) is 0. The average Bonchev–Trinajstić information content (AvgIpc) is 2.67. The van der Waals surface area contributed by atoms with Gasteiger partial charge in [-0.05, 0) is 12.8 Å². The molecule has 19 heavy (non-hydrogen) atoms. The van der Waals surface area contributed by atoms with Crippen LogP contribution in [0.2, 0.25) is 0 Å². The summed E-state index contributed by atoms with van der Waals surface area (Å²) in [4.78, 5) is 11.8. The van der Waals surface area contributed by atoms with Gasteiger partial charge in [0.2, 0.25) is 0 Å². The van der Waals surface area contributed by atoms with Crippen molar-refractivity contribution in [2.24, 2.45) is 5.92 Å². The summed E-state index contributed by atoms with van der Waals surface area (Å²) >= 11 is 0. The monoisotopic (exact) mass is 260 g/mol. The van der Waals surface area contributed by atoms with Crippen molar-refractivity contribution >= 4 is 5.97 Å². The van der Waals surface area contributed by atoms with Crippen molar-refractivity contribution in [2.75, 3.05) is 0 Å². The lowest BCUT2D eigenvalue weighted by Gasteiger charge is -2.50. The molecule has 3 nitrogen and oxygen atoms in total. The fourth-order valence-electron chi connectivity index (χ4n) is 4.35. The van der Waals surface area contributed by atoms with Crippen molar-refractivity contribution in [3.05, 3.63) is 23.8 Å². The van der Waals surface area contributed by atoms with E-state index in [0.29, 0.717) is 5.92 Å². The Kier molecular flexibility index (Phi) is 2.59. The van der Waals surface area contributed by atoms with Crippen LogP contribution in [0.15, 0.2) is 23.8 Å². The average molecular weight is 260 g/mol. The van der Waals surface area contributed by atoms with Crippen LogP contribution in [-0.2, 0) is 14.3 Å². The maximum absolute atomic E-state index is 11.8. The minimum absolute atomic E-state index is 0.128. The molecule has 0 aromatic heterocycles. The zero-order chi connectivity index (χ0) is 12.9. The summed E-state index contributed by atoms with van der Waals surface area (Å²) in [5.74, 6) is 0.190. The lowest BCUT2D eigenvalue weighted by atomic mass is 9.67. The zero-order valence-corrected chi connectivity index (χ0v) is 11.1. The van der Waals surface area contributed by atoms with Crippen molar-refractivity contribution in [1.82, 2.24) is 0 Å². The van der Waals surface area contributed by atoms with Crippen LogP contribution < -0.4 is 0 Å². The van der Waals surface area contributed by atoms with E-state index in [1.807, 2.05) is 6.08 Å². The van der Waals surface area contributed by atoms with E-state index in [-0.39, 0.29) is 23.8 Å². The smallest absolute Gasteiger partial charge is 0.332 e. The van der Waals surface area contributed by atoms with Crippen molar-refractivity contribution < 1.29 is 14.3 Å². The minimum atomic E-state index is -0.364. The first-order valence-electron chi connectivity index (χ1n) is 7.57. The summed E-state index contributed by atoms with van der Waals surface area (Å²) in [6, 6.07) is 0.